The average molecular weight is 430 g/mol. The zero-order valence-corrected chi connectivity index (χ0v) is 17.9. The molecule has 30 heavy (non-hydrogen) atoms. The molecule has 0 atom stereocenters. The minimum atomic E-state index is -0.556. The van der Waals surface area contributed by atoms with Gasteiger partial charge in [-0.3, -0.25) is 15.1 Å². The Hall–Kier alpha value is -3.34. The van der Waals surface area contributed by atoms with Crippen molar-refractivity contribution in [2.75, 3.05) is 11.9 Å². The fraction of sp³-hybridized carbons (Fsp3) is 0.368. The van der Waals surface area contributed by atoms with Gasteiger partial charge in [0.2, 0.25) is 5.82 Å². The lowest BCUT2D eigenvalue weighted by atomic mass is 10.2. The van der Waals surface area contributed by atoms with Crippen molar-refractivity contribution >= 4 is 28.5 Å². The zero-order chi connectivity index (χ0) is 21.7. The second-order valence-corrected chi connectivity index (χ2v) is 8.31. The Balaban J connectivity index is 1.57. The second kappa shape index (κ2) is 8.99. The number of aryl methyl sites for hydroxylation is 1. The number of nitrogens with one attached hydrogen (secondary N) is 2. The Morgan fingerprint density at radius 2 is 2.07 bits per heavy atom. The van der Waals surface area contributed by atoms with Gasteiger partial charge in [-0.2, -0.15) is 4.98 Å². The highest BCUT2D eigenvalue weighted by molar-refractivity contribution is 7.19. The maximum atomic E-state index is 12.1. The van der Waals surface area contributed by atoms with Gasteiger partial charge in [0.15, 0.2) is 5.13 Å². The fourth-order valence-corrected chi connectivity index (χ4v) is 3.27. The van der Waals surface area contributed by atoms with E-state index in [-0.39, 0.29) is 18.9 Å². The van der Waals surface area contributed by atoms with E-state index < -0.39 is 11.6 Å². The van der Waals surface area contributed by atoms with Crippen molar-refractivity contribution in [2.45, 2.75) is 39.7 Å². The third-order valence-electron chi connectivity index (χ3n) is 3.59. The molecule has 158 valence electrons. The molecular formula is C19H22N6O4S. The van der Waals surface area contributed by atoms with Crippen LogP contribution in [0.1, 0.15) is 32.9 Å². The summed E-state index contributed by atoms with van der Waals surface area (Å²) in [4.78, 5) is 37.1. The molecule has 3 aromatic heterocycles. The number of hydrogen-bond donors (Lipinski definition) is 2. The molecule has 0 radical (unpaired) electrons. The van der Waals surface area contributed by atoms with Crippen LogP contribution in [0.4, 0.5) is 9.93 Å². The first-order chi connectivity index (χ1) is 14.2. The van der Waals surface area contributed by atoms with Crippen molar-refractivity contribution in [2.24, 2.45) is 0 Å². The van der Waals surface area contributed by atoms with E-state index >= 15 is 0 Å². The quantitative estimate of drug-likeness (QED) is 0.569. The van der Waals surface area contributed by atoms with E-state index in [9.17, 15) is 9.59 Å². The monoisotopic (exact) mass is 430 g/mol. The number of urea groups is 1. The number of rotatable bonds is 6. The van der Waals surface area contributed by atoms with Gasteiger partial charge in [-0.25, -0.2) is 9.78 Å². The normalized spacial score (nSPS) is 11.2. The maximum absolute atomic E-state index is 12.1. The first kappa shape index (κ1) is 21.4. The molecule has 0 fully saturated rings. The predicted molar refractivity (Wildman–Crippen MR) is 111 cm³/mol. The van der Waals surface area contributed by atoms with Crippen molar-refractivity contribution in [1.82, 2.24) is 25.4 Å². The summed E-state index contributed by atoms with van der Waals surface area (Å²) in [5.74, 6) is 0.346. The molecule has 2 N–H and O–H groups in total. The summed E-state index contributed by atoms with van der Waals surface area (Å²) in [6.45, 7) is 7.30. The highest BCUT2D eigenvalue weighted by Crippen LogP contribution is 2.32. The molecule has 0 unspecified atom stereocenters. The first-order valence-corrected chi connectivity index (χ1v) is 10.0. The molecule has 0 aromatic carbocycles. The van der Waals surface area contributed by atoms with E-state index in [1.165, 1.54) is 11.3 Å². The summed E-state index contributed by atoms with van der Waals surface area (Å²) in [5, 5.41) is 9.58. The molecule has 0 bridgehead atoms. The number of esters is 1. The van der Waals surface area contributed by atoms with Crippen LogP contribution < -0.4 is 10.6 Å². The molecule has 2 amide bonds. The van der Waals surface area contributed by atoms with Crippen molar-refractivity contribution in [3.05, 3.63) is 30.2 Å². The topological polar surface area (TPSA) is 132 Å². The minimum Gasteiger partial charge on any atom is -0.460 e. The van der Waals surface area contributed by atoms with E-state index in [1.807, 2.05) is 6.07 Å². The number of carbonyl (C=O) groups is 2. The largest absolute Gasteiger partial charge is 0.460 e. The van der Waals surface area contributed by atoms with Gasteiger partial charge in [-0.15, -0.1) is 0 Å². The van der Waals surface area contributed by atoms with Crippen LogP contribution in [0.15, 0.2) is 29.0 Å². The second-order valence-electron chi connectivity index (χ2n) is 7.32. The van der Waals surface area contributed by atoms with Gasteiger partial charge in [0.25, 0.3) is 5.89 Å². The third kappa shape index (κ3) is 5.83. The lowest BCUT2D eigenvalue weighted by Gasteiger charge is -2.19. The van der Waals surface area contributed by atoms with E-state index in [0.29, 0.717) is 27.4 Å². The smallest absolute Gasteiger partial charge is 0.321 e. The highest BCUT2D eigenvalue weighted by Gasteiger charge is 2.19. The highest BCUT2D eigenvalue weighted by atomic mass is 32.1. The number of amides is 2. The number of ether oxygens (including phenoxy) is 1. The molecule has 0 saturated carbocycles. The molecule has 0 saturated heterocycles. The van der Waals surface area contributed by atoms with Crippen LogP contribution in [0.2, 0.25) is 0 Å². The predicted octanol–water partition coefficient (Wildman–Crippen LogP) is 3.42. The van der Waals surface area contributed by atoms with Crippen molar-refractivity contribution in [1.29, 1.82) is 0 Å². The molecule has 0 aliphatic rings. The van der Waals surface area contributed by atoms with Crippen molar-refractivity contribution in [3.63, 3.8) is 0 Å². The van der Waals surface area contributed by atoms with Gasteiger partial charge in [-0.1, -0.05) is 16.5 Å². The molecule has 0 spiro atoms. The van der Waals surface area contributed by atoms with E-state index in [1.54, 1.807) is 46.2 Å². The van der Waals surface area contributed by atoms with E-state index in [0.717, 1.165) is 5.56 Å². The number of pyridine rings is 1. The summed E-state index contributed by atoms with van der Waals surface area (Å²) in [6.07, 6.45) is 3.38. The van der Waals surface area contributed by atoms with Crippen LogP contribution in [0, 0.1) is 6.92 Å². The summed E-state index contributed by atoms with van der Waals surface area (Å²) in [6, 6.07) is 3.14. The third-order valence-corrected chi connectivity index (χ3v) is 4.65. The lowest BCUT2D eigenvalue weighted by molar-refractivity contribution is -0.154. The van der Waals surface area contributed by atoms with Gasteiger partial charge in [-0.05, 0) is 39.8 Å². The van der Waals surface area contributed by atoms with Crippen LogP contribution in [0.3, 0.4) is 0 Å². The number of nitrogens with zero attached hydrogens (tertiary/aromatic N) is 4. The summed E-state index contributed by atoms with van der Waals surface area (Å²) >= 11 is 1.21. The van der Waals surface area contributed by atoms with Crippen LogP contribution in [0.5, 0.6) is 0 Å². The maximum Gasteiger partial charge on any atom is 0.321 e. The molecule has 3 heterocycles. The Morgan fingerprint density at radius 1 is 1.27 bits per heavy atom. The Morgan fingerprint density at radius 3 is 2.77 bits per heavy atom. The van der Waals surface area contributed by atoms with Gasteiger partial charge in [0.05, 0.1) is 12.1 Å². The minimum absolute atomic E-state index is 0.0753. The number of hydrogen-bond acceptors (Lipinski definition) is 9. The molecule has 3 aromatic rings. The SMILES string of the molecule is Cc1nc(NC(=O)NCCC(=O)OC(C)(C)C)sc1-c1nc(-c2cccnc2)no1. The van der Waals surface area contributed by atoms with E-state index in [4.69, 9.17) is 9.26 Å². The zero-order valence-electron chi connectivity index (χ0n) is 17.1. The molecule has 0 aliphatic carbocycles. The van der Waals surface area contributed by atoms with Crippen molar-refractivity contribution < 1.29 is 18.8 Å². The van der Waals surface area contributed by atoms with Crippen LogP contribution in [0.25, 0.3) is 22.2 Å². The molecule has 11 heteroatoms. The van der Waals surface area contributed by atoms with Crippen LogP contribution >= 0.6 is 11.3 Å². The van der Waals surface area contributed by atoms with Crippen LogP contribution in [-0.4, -0.2) is 44.3 Å². The molecular weight excluding hydrogens is 408 g/mol. The van der Waals surface area contributed by atoms with E-state index in [2.05, 4.69) is 30.7 Å². The fourth-order valence-electron chi connectivity index (χ4n) is 2.39. The molecule has 3 rings (SSSR count). The standard InChI is InChI=1S/C19H22N6O4S/c1-11-14(16-23-15(25-29-16)12-6-5-8-20-10-12)30-18(22-11)24-17(27)21-9-7-13(26)28-19(2,3)4/h5-6,8,10H,7,9H2,1-4H3,(H2,21,22,24,27). The van der Waals surface area contributed by atoms with Gasteiger partial charge in [0.1, 0.15) is 10.5 Å². The summed E-state index contributed by atoms with van der Waals surface area (Å²) in [7, 11) is 0. The number of aromatic nitrogens is 4. The summed E-state index contributed by atoms with van der Waals surface area (Å²) in [5.41, 5.74) is 0.822. The molecule has 0 aliphatic heterocycles. The van der Waals surface area contributed by atoms with Crippen LogP contribution in [-0.2, 0) is 9.53 Å². The van der Waals surface area contributed by atoms with Gasteiger partial charge in [0, 0.05) is 24.5 Å². The van der Waals surface area contributed by atoms with Gasteiger partial charge >= 0.3 is 12.0 Å². The number of anilines is 1. The lowest BCUT2D eigenvalue weighted by Crippen LogP contribution is -2.32. The molecule has 10 nitrogen and oxygen atoms in total. The number of thiazole rings is 1. The van der Waals surface area contributed by atoms with Crippen molar-refractivity contribution in [3.8, 4) is 22.2 Å². The summed E-state index contributed by atoms with van der Waals surface area (Å²) < 4.78 is 10.5. The Bertz CT molecular complexity index is 1030. The first-order valence-electron chi connectivity index (χ1n) is 9.20. The Kier molecular flexibility index (Phi) is 6.40. The Labute approximate surface area is 177 Å². The number of carbonyl (C=O) groups excluding carboxylic acids is 2. The average Bonchev–Trinajstić information content (AvgIpc) is 3.27. The van der Waals surface area contributed by atoms with Gasteiger partial charge < -0.3 is 14.6 Å².